The van der Waals surface area contributed by atoms with E-state index in [1.165, 1.54) is 11.1 Å². The monoisotopic (exact) mass is 219 g/mol. The largest absolute Gasteiger partial charge is 0.496 e. The van der Waals surface area contributed by atoms with E-state index in [1.54, 1.807) is 7.11 Å². The number of hydrogen-bond acceptors (Lipinski definition) is 2. The van der Waals surface area contributed by atoms with E-state index in [-0.39, 0.29) is 6.04 Å². The Balaban J connectivity index is 2.55. The maximum Gasteiger partial charge on any atom is 0.122 e. The summed E-state index contributed by atoms with van der Waals surface area (Å²) in [6.07, 6.45) is 2.83. The van der Waals surface area contributed by atoms with Gasteiger partial charge in [-0.05, 0) is 37.8 Å². The Morgan fingerprint density at radius 2 is 2.12 bits per heavy atom. The summed E-state index contributed by atoms with van der Waals surface area (Å²) in [6, 6.07) is 8.21. The minimum absolute atomic E-state index is 0.174. The number of ether oxygens (including phenoxy) is 1. The van der Waals surface area contributed by atoms with Crippen molar-refractivity contribution in [3.63, 3.8) is 0 Å². The maximum absolute atomic E-state index is 6.08. The Morgan fingerprint density at radius 3 is 2.75 bits per heavy atom. The van der Waals surface area contributed by atoms with Crippen LogP contribution in [0.25, 0.3) is 0 Å². The van der Waals surface area contributed by atoms with E-state index in [1.807, 2.05) is 25.1 Å². The van der Waals surface area contributed by atoms with Gasteiger partial charge in [0, 0.05) is 6.04 Å². The van der Waals surface area contributed by atoms with Crippen LogP contribution < -0.4 is 10.5 Å². The van der Waals surface area contributed by atoms with Gasteiger partial charge < -0.3 is 10.5 Å². The van der Waals surface area contributed by atoms with Crippen LogP contribution in [0.2, 0.25) is 0 Å². The summed E-state index contributed by atoms with van der Waals surface area (Å²) in [4.78, 5) is 0. The van der Waals surface area contributed by atoms with E-state index in [9.17, 15) is 0 Å². The summed E-state index contributed by atoms with van der Waals surface area (Å²) in [5.41, 5.74) is 8.45. The van der Waals surface area contributed by atoms with Crippen molar-refractivity contribution in [1.82, 2.24) is 0 Å². The van der Waals surface area contributed by atoms with Crippen molar-refractivity contribution in [3.8, 4) is 5.75 Å². The molecule has 2 nitrogen and oxygen atoms in total. The number of hydrogen-bond donors (Lipinski definition) is 1. The van der Waals surface area contributed by atoms with Gasteiger partial charge in [-0.25, -0.2) is 0 Å². The molecule has 0 saturated heterocycles. The van der Waals surface area contributed by atoms with E-state index in [0.29, 0.717) is 0 Å². The van der Waals surface area contributed by atoms with Gasteiger partial charge in [0.05, 0.1) is 7.11 Å². The predicted molar refractivity (Wildman–Crippen MR) is 68.7 cm³/mol. The van der Waals surface area contributed by atoms with Crippen molar-refractivity contribution in [2.75, 3.05) is 7.11 Å². The van der Waals surface area contributed by atoms with Crippen LogP contribution in [0.4, 0.5) is 0 Å². The second-order valence-corrected chi connectivity index (χ2v) is 4.27. The van der Waals surface area contributed by atoms with Crippen molar-refractivity contribution >= 4 is 0 Å². The molecule has 0 aliphatic carbocycles. The molecule has 1 unspecified atom stereocenters. The summed E-state index contributed by atoms with van der Waals surface area (Å²) < 4.78 is 5.30. The Hall–Kier alpha value is -1.28. The highest BCUT2D eigenvalue weighted by molar-refractivity contribution is 5.33. The minimum Gasteiger partial charge on any atom is -0.496 e. The molecule has 0 aliphatic rings. The third kappa shape index (κ3) is 4.07. The summed E-state index contributed by atoms with van der Waals surface area (Å²) in [5, 5.41) is 0. The molecule has 2 heteroatoms. The quantitative estimate of drug-likeness (QED) is 0.747. The lowest BCUT2D eigenvalue weighted by atomic mass is 10.0. The third-order valence-corrected chi connectivity index (χ3v) is 2.62. The Kier molecular flexibility index (Phi) is 5.06. The number of benzene rings is 1. The van der Waals surface area contributed by atoms with Crippen molar-refractivity contribution in [2.45, 2.75) is 32.2 Å². The van der Waals surface area contributed by atoms with Gasteiger partial charge in [0.2, 0.25) is 0 Å². The van der Waals surface area contributed by atoms with Gasteiger partial charge in [0.25, 0.3) is 0 Å². The number of nitrogens with two attached hydrogens (primary N) is 1. The number of para-hydroxylation sites is 1. The van der Waals surface area contributed by atoms with E-state index in [4.69, 9.17) is 10.5 Å². The predicted octanol–water partition coefficient (Wildman–Crippen LogP) is 2.92. The zero-order chi connectivity index (χ0) is 12.0. The first-order valence-corrected chi connectivity index (χ1v) is 5.65. The molecule has 0 bridgehead atoms. The zero-order valence-corrected chi connectivity index (χ0v) is 10.2. The molecule has 1 aromatic rings. The lowest BCUT2D eigenvalue weighted by molar-refractivity contribution is 0.407. The molecule has 16 heavy (non-hydrogen) atoms. The second kappa shape index (κ2) is 6.33. The molecule has 0 amide bonds. The fraction of sp³-hybridized carbons (Fsp3) is 0.429. The molecule has 0 saturated carbocycles. The van der Waals surface area contributed by atoms with Crippen LogP contribution in [0.1, 0.15) is 25.3 Å². The van der Waals surface area contributed by atoms with Crippen LogP contribution in [-0.4, -0.2) is 13.2 Å². The average Bonchev–Trinajstić information content (AvgIpc) is 2.27. The minimum atomic E-state index is 0.174. The van der Waals surface area contributed by atoms with Crippen LogP contribution in [0.5, 0.6) is 5.75 Å². The van der Waals surface area contributed by atoms with E-state index < -0.39 is 0 Å². The van der Waals surface area contributed by atoms with Crippen LogP contribution in [0.3, 0.4) is 0 Å². The first-order valence-electron chi connectivity index (χ1n) is 5.65. The molecule has 88 valence electrons. The molecular formula is C14H21NO. The van der Waals surface area contributed by atoms with Gasteiger partial charge in [0.1, 0.15) is 5.75 Å². The summed E-state index contributed by atoms with van der Waals surface area (Å²) in [6.45, 7) is 5.93. The smallest absolute Gasteiger partial charge is 0.122 e. The molecule has 0 radical (unpaired) electrons. The third-order valence-electron chi connectivity index (χ3n) is 2.62. The molecule has 0 spiro atoms. The van der Waals surface area contributed by atoms with E-state index in [0.717, 1.165) is 25.0 Å². The normalized spacial score (nSPS) is 12.2. The molecule has 1 atom stereocenters. The average molecular weight is 219 g/mol. The highest BCUT2D eigenvalue weighted by atomic mass is 16.5. The molecule has 2 N–H and O–H groups in total. The number of methoxy groups -OCH3 is 1. The van der Waals surface area contributed by atoms with Crippen molar-refractivity contribution in [2.24, 2.45) is 5.73 Å². The fourth-order valence-corrected chi connectivity index (χ4v) is 1.69. The number of allylic oxidation sites excluding steroid dienone is 1. The van der Waals surface area contributed by atoms with Gasteiger partial charge in [-0.15, -0.1) is 6.58 Å². The molecular weight excluding hydrogens is 198 g/mol. The summed E-state index contributed by atoms with van der Waals surface area (Å²) in [7, 11) is 1.69. The first-order chi connectivity index (χ1) is 7.63. The second-order valence-electron chi connectivity index (χ2n) is 4.27. The van der Waals surface area contributed by atoms with E-state index in [2.05, 4.69) is 12.6 Å². The highest BCUT2D eigenvalue weighted by Crippen LogP contribution is 2.19. The zero-order valence-electron chi connectivity index (χ0n) is 10.2. The lowest BCUT2D eigenvalue weighted by Gasteiger charge is -2.14. The van der Waals surface area contributed by atoms with Gasteiger partial charge in [-0.3, -0.25) is 0 Å². The molecule has 0 fully saturated rings. The van der Waals surface area contributed by atoms with Gasteiger partial charge in [-0.1, -0.05) is 23.8 Å². The Bertz CT molecular complexity index is 346. The van der Waals surface area contributed by atoms with E-state index >= 15 is 0 Å². The van der Waals surface area contributed by atoms with Crippen LogP contribution >= 0.6 is 0 Å². The first kappa shape index (κ1) is 12.8. The van der Waals surface area contributed by atoms with Crippen LogP contribution in [0.15, 0.2) is 36.4 Å². The van der Waals surface area contributed by atoms with Crippen LogP contribution in [0, 0.1) is 0 Å². The topological polar surface area (TPSA) is 35.2 Å². The fourth-order valence-electron chi connectivity index (χ4n) is 1.69. The Labute approximate surface area is 98.1 Å². The van der Waals surface area contributed by atoms with Gasteiger partial charge >= 0.3 is 0 Å². The Morgan fingerprint density at radius 1 is 1.44 bits per heavy atom. The number of rotatable bonds is 6. The van der Waals surface area contributed by atoms with Crippen molar-refractivity contribution < 1.29 is 4.74 Å². The molecule has 0 aliphatic heterocycles. The molecule has 1 rings (SSSR count). The summed E-state index contributed by atoms with van der Waals surface area (Å²) in [5.74, 6) is 0.924. The lowest BCUT2D eigenvalue weighted by Crippen LogP contribution is -2.22. The van der Waals surface area contributed by atoms with Gasteiger partial charge in [0.15, 0.2) is 0 Å². The highest BCUT2D eigenvalue weighted by Gasteiger charge is 2.07. The van der Waals surface area contributed by atoms with Gasteiger partial charge in [-0.2, -0.15) is 0 Å². The molecule has 1 aromatic carbocycles. The van der Waals surface area contributed by atoms with Crippen molar-refractivity contribution in [1.29, 1.82) is 0 Å². The SMILES string of the molecule is C=C(C)CCC(N)Cc1ccccc1OC. The standard InChI is InChI=1S/C14H21NO/c1-11(2)8-9-13(15)10-12-6-4-5-7-14(12)16-3/h4-7,13H,1,8-10,15H2,2-3H3. The molecule has 0 aromatic heterocycles. The maximum atomic E-state index is 6.08. The van der Waals surface area contributed by atoms with Crippen LogP contribution in [-0.2, 0) is 6.42 Å². The summed E-state index contributed by atoms with van der Waals surface area (Å²) >= 11 is 0. The molecule has 0 heterocycles. The van der Waals surface area contributed by atoms with Crippen molar-refractivity contribution in [3.05, 3.63) is 42.0 Å².